The Morgan fingerprint density at radius 2 is 1.69 bits per heavy atom. The van der Waals surface area contributed by atoms with Crippen LogP contribution in [0.2, 0.25) is 0 Å². The summed E-state index contributed by atoms with van der Waals surface area (Å²) in [7, 11) is 1.58. The third-order valence-corrected chi connectivity index (χ3v) is 4.87. The van der Waals surface area contributed by atoms with Gasteiger partial charge >= 0.3 is 0 Å². The Labute approximate surface area is 173 Å². The highest BCUT2D eigenvalue weighted by atomic mass is 16.5. The van der Waals surface area contributed by atoms with E-state index in [1.165, 1.54) is 0 Å². The predicted octanol–water partition coefficient (Wildman–Crippen LogP) is 2.61. The second-order valence-electron chi connectivity index (χ2n) is 7.48. The zero-order chi connectivity index (χ0) is 21.4. The lowest BCUT2D eigenvalue weighted by atomic mass is 9.98. The maximum Gasteiger partial charge on any atom is 0.279 e. The topological polar surface area (TPSA) is 71.9 Å². The number of anilines is 2. The van der Waals surface area contributed by atoms with Crippen LogP contribution in [0.1, 0.15) is 37.8 Å². The van der Waals surface area contributed by atoms with Gasteiger partial charge in [0.05, 0.1) is 13.7 Å². The van der Waals surface area contributed by atoms with Gasteiger partial charge in [-0.05, 0) is 43.0 Å². The van der Waals surface area contributed by atoms with Gasteiger partial charge in [-0.15, -0.1) is 0 Å². The van der Waals surface area contributed by atoms with Gasteiger partial charge in [0.1, 0.15) is 5.75 Å². The Balaban J connectivity index is 1.97. The highest BCUT2D eigenvalue weighted by Crippen LogP contribution is 2.27. The first-order chi connectivity index (χ1) is 13.8. The summed E-state index contributed by atoms with van der Waals surface area (Å²) in [5, 5.41) is 5.92. The Morgan fingerprint density at radius 1 is 1.03 bits per heavy atom. The van der Waals surface area contributed by atoms with Gasteiger partial charge in [-0.2, -0.15) is 0 Å². The molecule has 0 spiro atoms. The van der Waals surface area contributed by atoms with E-state index in [0.29, 0.717) is 23.9 Å². The van der Waals surface area contributed by atoms with Crippen LogP contribution in [0.15, 0.2) is 42.5 Å². The zero-order valence-corrected chi connectivity index (χ0v) is 18.0. The van der Waals surface area contributed by atoms with Crippen LogP contribution >= 0.6 is 0 Å². The summed E-state index contributed by atoms with van der Waals surface area (Å²) in [6.07, 6.45) is 0. The molecule has 0 aliphatic carbocycles. The third kappa shape index (κ3) is 6.61. The van der Waals surface area contributed by atoms with Crippen LogP contribution in [-0.2, 0) is 9.59 Å². The highest BCUT2D eigenvalue weighted by molar-refractivity contribution is 5.94. The number of carbonyl (C=O) groups is 2. The summed E-state index contributed by atoms with van der Waals surface area (Å²) in [4.78, 5) is 26.0. The lowest BCUT2D eigenvalue weighted by molar-refractivity contribution is -0.881. The number of hydrogen-bond donors (Lipinski definition) is 3. The molecule has 29 heavy (non-hydrogen) atoms. The van der Waals surface area contributed by atoms with Gasteiger partial charge in [-0.25, -0.2) is 0 Å². The zero-order valence-electron chi connectivity index (χ0n) is 18.0. The number of quaternary nitrogens is 1. The number of amides is 2. The van der Waals surface area contributed by atoms with E-state index in [1.54, 1.807) is 13.2 Å². The number of aryl methyl sites for hydroxylation is 1. The molecule has 0 radical (unpaired) electrons. The van der Waals surface area contributed by atoms with E-state index in [4.69, 9.17) is 4.74 Å². The van der Waals surface area contributed by atoms with Gasteiger partial charge in [-0.3, -0.25) is 9.59 Å². The highest BCUT2D eigenvalue weighted by Gasteiger charge is 2.19. The van der Waals surface area contributed by atoms with E-state index in [-0.39, 0.29) is 24.9 Å². The van der Waals surface area contributed by atoms with Gasteiger partial charge in [0.25, 0.3) is 11.8 Å². The van der Waals surface area contributed by atoms with Crippen molar-refractivity contribution in [3.8, 4) is 5.75 Å². The van der Waals surface area contributed by atoms with Crippen molar-refractivity contribution in [3.05, 3.63) is 53.6 Å². The molecule has 1 unspecified atom stereocenters. The predicted molar refractivity (Wildman–Crippen MR) is 117 cm³/mol. The first kappa shape index (κ1) is 22.4. The smallest absolute Gasteiger partial charge is 0.279 e. The van der Waals surface area contributed by atoms with Crippen LogP contribution in [-0.4, -0.2) is 38.6 Å². The maximum atomic E-state index is 12.7. The van der Waals surface area contributed by atoms with E-state index in [2.05, 4.69) is 24.5 Å². The molecule has 0 heterocycles. The van der Waals surface area contributed by atoms with Crippen LogP contribution in [0, 0.1) is 6.92 Å². The van der Waals surface area contributed by atoms with E-state index in [0.717, 1.165) is 21.7 Å². The Bertz CT molecular complexity index is 849. The molecule has 6 heteroatoms. The van der Waals surface area contributed by atoms with E-state index < -0.39 is 0 Å². The molecule has 2 rings (SSSR count). The number of rotatable bonds is 9. The molecule has 156 valence electrons. The van der Waals surface area contributed by atoms with Crippen LogP contribution in [0.4, 0.5) is 11.4 Å². The second-order valence-corrected chi connectivity index (χ2v) is 7.48. The summed E-state index contributed by atoms with van der Waals surface area (Å²) in [6, 6.07) is 13.3. The van der Waals surface area contributed by atoms with Crippen molar-refractivity contribution in [3.63, 3.8) is 0 Å². The van der Waals surface area contributed by atoms with Crippen molar-refractivity contribution in [1.29, 1.82) is 0 Å². The van der Waals surface area contributed by atoms with Crippen LogP contribution in [0.5, 0.6) is 5.75 Å². The lowest BCUT2D eigenvalue weighted by Gasteiger charge is -2.19. The first-order valence-corrected chi connectivity index (χ1v) is 10.0. The molecule has 2 aromatic carbocycles. The largest absolute Gasteiger partial charge is 0.497 e. The molecule has 0 aromatic heterocycles. The fourth-order valence-corrected chi connectivity index (χ4v) is 3.20. The molecule has 0 aliphatic rings. The number of nitrogens with one attached hydrogen (secondary N) is 3. The minimum Gasteiger partial charge on any atom is -0.497 e. The Hall–Kier alpha value is -2.86. The molecular weight excluding hydrogens is 366 g/mol. The fourth-order valence-electron chi connectivity index (χ4n) is 3.20. The number of para-hydroxylation sites is 1. The summed E-state index contributed by atoms with van der Waals surface area (Å²) < 4.78 is 5.17. The van der Waals surface area contributed by atoms with Crippen LogP contribution in [0.25, 0.3) is 0 Å². The molecule has 0 fully saturated rings. The average Bonchev–Trinajstić information content (AvgIpc) is 2.68. The molecular formula is C23H32N3O3+. The van der Waals surface area contributed by atoms with Crippen molar-refractivity contribution >= 4 is 23.2 Å². The minimum atomic E-state index is -0.137. The standard InChI is InChI=1S/C23H31N3O3/c1-6-26(14-21(27)24-18-10-8-11-19(13-18)29-5)15-22(28)25-23-17(4)9-7-12-20(23)16(2)3/h7-13,16H,6,14-15H2,1-5H3,(H,24,27)(H,25,28)/p+1. The normalized spacial score (nSPS) is 11.8. The monoisotopic (exact) mass is 398 g/mol. The first-order valence-electron chi connectivity index (χ1n) is 10.0. The van der Waals surface area contributed by atoms with Gasteiger partial charge in [-0.1, -0.05) is 38.1 Å². The molecule has 6 nitrogen and oxygen atoms in total. The van der Waals surface area contributed by atoms with Crippen molar-refractivity contribution < 1.29 is 19.2 Å². The number of hydrogen-bond acceptors (Lipinski definition) is 3. The molecule has 2 aromatic rings. The van der Waals surface area contributed by atoms with E-state index in [9.17, 15) is 9.59 Å². The van der Waals surface area contributed by atoms with Gasteiger partial charge in [0.2, 0.25) is 0 Å². The summed E-state index contributed by atoms with van der Waals surface area (Å²) in [6.45, 7) is 9.29. The van der Waals surface area contributed by atoms with Gasteiger partial charge in [0, 0.05) is 17.4 Å². The minimum absolute atomic E-state index is 0.0905. The summed E-state index contributed by atoms with van der Waals surface area (Å²) >= 11 is 0. The van der Waals surface area contributed by atoms with E-state index in [1.807, 2.05) is 50.2 Å². The average molecular weight is 399 g/mol. The quantitative estimate of drug-likeness (QED) is 0.608. The summed E-state index contributed by atoms with van der Waals surface area (Å²) in [5.74, 6) is 0.767. The third-order valence-electron chi connectivity index (χ3n) is 4.87. The van der Waals surface area contributed by atoms with Crippen LogP contribution in [0.3, 0.4) is 0 Å². The fraction of sp³-hybridized carbons (Fsp3) is 0.391. The van der Waals surface area contributed by atoms with Crippen LogP contribution < -0.4 is 20.3 Å². The lowest BCUT2D eigenvalue weighted by Crippen LogP contribution is -3.13. The molecule has 2 amide bonds. The summed E-state index contributed by atoms with van der Waals surface area (Å²) in [5.41, 5.74) is 3.71. The van der Waals surface area contributed by atoms with Crippen molar-refractivity contribution in [2.45, 2.75) is 33.6 Å². The molecule has 0 saturated heterocycles. The maximum absolute atomic E-state index is 12.7. The van der Waals surface area contributed by atoms with Gasteiger partial charge in [0.15, 0.2) is 13.1 Å². The number of likely N-dealkylation sites (N-methyl/N-ethyl adjacent to an activating group) is 1. The van der Waals surface area contributed by atoms with E-state index >= 15 is 0 Å². The second kappa shape index (κ2) is 10.6. The number of benzene rings is 2. The van der Waals surface area contributed by atoms with Gasteiger partial charge < -0.3 is 20.3 Å². The van der Waals surface area contributed by atoms with Crippen molar-refractivity contribution in [2.75, 3.05) is 37.4 Å². The molecule has 3 N–H and O–H groups in total. The SMILES string of the molecule is CC[NH+](CC(=O)Nc1cccc(OC)c1)CC(=O)Nc1c(C)cccc1C(C)C. The molecule has 0 bridgehead atoms. The molecule has 0 aliphatic heterocycles. The number of carbonyl (C=O) groups excluding carboxylic acids is 2. The van der Waals surface area contributed by atoms with Crippen molar-refractivity contribution in [2.24, 2.45) is 0 Å². The number of methoxy groups -OCH3 is 1. The van der Waals surface area contributed by atoms with Crippen molar-refractivity contribution in [1.82, 2.24) is 0 Å². The Kier molecular flexibility index (Phi) is 8.21. The molecule has 0 saturated carbocycles. The number of ether oxygens (including phenoxy) is 1. The molecule has 1 atom stereocenters. The Morgan fingerprint density at radius 3 is 2.31 bits per heavy atom.